The fourth-order valence-electron chi connectivity index (χ4n) is 3.11. The molecule has 0 amide bonds. The lowest BCUT2D eigenvalue weighted by Crippen LogP contribution is -2.50. The minimum atomic E-state index is 0.520. The summed E-state index contributed by atoms with van der Waals surface area (Å²) in [5.41, 5.74) is 1.52. The Labute approximate surface area is 142 Å². The second-order valence-electron chi connectivity index (χ2n) is 6.26. The first-order valence-electron chi connectivity index (χ1n) is 8.15. The maximum Gasteiger partial charge on any atom is 0.192 e. The second-order valence-corrected chi connectivity index (χ2v) is 6.26. The molecule has 1 saturated heterocycles. The number of hydrogen-bond acceptors (Lipinski definition) is 8. The van der Waals surface area contributed by atoms with Gasteiger partial charge in [-0.1, -0.05) is 0 Å². The van der Waals surface area contributed by atoms with Gasteiger partial charge in [0.05, 0.1) is 12.5 Å². The zero-order valence-corrected chi connectivity index (χ0v) is 13.6. The molecule has 1 aliphatic heterocycles. The highest BCUT2D eigenvalue weighted by Crippen LogP contribution is 2.25. The van der Waals surface area contributed by atoms with Gasteiger partial charge in [-0.15, -0.1) is 20.4 Å². The highest BCUT2D eigenvalue weighted by atomic mass is 16.3. The fraction of sp³-hybridized carbons (Fsp3) is 0.312. The molecule has 5 heterocycles. The van der Waals surface area contributed by atoms with E-state index in [1.165, 1.54) is 0 Å². The van der Waals surface area contributed by atoms with Gasteiger partial charge in [0.25, 0.3) is 0 Å². The van der Waals surface area contributed by atoms with Crippen molar-refractivity contribution in [3.05, 3.63) is 36.5 Å². The van der Waals surface area contributed by atoms with Gasteiger partial charge < -0.3 is 14.6 Å². The zero-order valence-electron chi connectivity index (χ0n) is 13.6. The molecule has 9 nitrogen and oxygen atoms in total. The summed E-state index contributed by atoms with van der Waals surface area (Å²) in [6, 6.07) is 5.82. The number of aromatic nitrogens is 6. The molecule has 4 aromatic rings. The van der Waals surface area contributed by atoms with Gasteiger partial charge in [-0.25, -0.2) is 0 Å². The Hall–Kier alpha value is -3.23. The molecular formula is C16H16N8O. The minimum Gasteiger partial charge on any atom is -0.460 e. The maximum absolute atomic E-state index is 5.47. The van der Waals surface area contributed by atoms with Crippen LogP contribution in [0.3, 0.4) is 0 Å². The molecule has 0 bridgehead atoms. The summed E-state index contributed by atoms with van der Waals surface area (Å²) in [5, 5.41) is 25.1. The number of furan rings is 1. The maximum atomic E-state index is 5.47. The Morgan fingerprint density at radius 2 is 2.12 bits per heavy atom. The van der Waals surface area contributed by atoms with Crippen LogP contribution in [0.15, 0.2) is 35.1 Å². The van der Waals surface area contributed by atoms with E-state index < -0.39 is 0 Å². The molecule has 0 saturated carbocycles. The Kier molecular flexibility index (Phi) is 3.06. The van der Waals surface area contributed by atoms with Crippen LogP contribution in [0.25, 0.3) is 16.6 Å². The van der Waals surface area contributed by atoms with Crippen molar-refractivity contribution in [2.45, 2.75) is 6.92 Å². The van der Waals surface area contributed by atoms with Crippen LogP contribution >= 0.6 is 0 Å². The van der Waals surface area contributed by atoms with Crippen LogP contribution in [0.2, 0.25) is 0 Å². The molecule has 9 heteroatoms. The van der Waals surface area contributed by atoms with Crippen molar-refractivity contribution in [3.63, 3.8) is 0 Å². The Bertz CT molecular complexity index is 1050. The third-order valence-electron chi connectivity index (χ3n) is 4.51. The summed E-state index contributed by atoms with van der Waals surface area (Å²) in [6.07, 6.45) is 3.35. The third kappa shape index (κ3) is 2.35. The first-order valence-corrected chi connectivity index (χ1v) is 8.15. The number of nitrogens with zero attached hydrogens (tertiary/aromatic N) is 7. The molecule has 1 fully saturated rings. The van der Waals surface area contributed by atoms with Gasteiger partial charge in [-0.3, -0.25) is 0 Å². The molecule has 0 atom stereocenters. The van der Waals surface area contributed by atoms with Crippen LogP contribution in [0.4, 0.5) is 11.6 Å². The highest BCUT2D eigenvalue weighted by molar-refractivity contribution is 5.85. The molecule has 25 heavy (non-hydrogen) atoms. The number of nitrogens with one attached hydrogen (secondary N) is 1. The van der Waals surface area contributed by atoms with E-state index >= 15 is 0 Å². The zero-order chi connectivity index (χ0) is 16.8. The Balaban J connectivity index is 1.24. The van der Waals surface area contributed by atoms with E-state index in [2.05, 4.69) is 35.7 Å². The standard InChI is InChI=1S/C16H16N8O/c1-10-19-20-13-2-3-14(22-24(10)13)23-8-11(9-23)6-17-16-15-12(4-5-25-15)7-18-21-16/h2-5,7,11H,6,8-9H2,1H3,(H,17,21). The molecule has 1 N–H and O–H groups in total. The molecule has 1 aliphatic rings. The predicted molar refractivity (Wildman–Crippen MR) is 91.5 cm³/mol. The molecule has 5 rings (SSSR count). The summed E-state index contributed by atoms with van der Waals surface area (Å²) in [5.74, 6) is 2.95. The monoisotopic (exact) mass is 336 g/mol. The highest BCUT2D eigenvalue weighted by Gasteiger charge is 2.28. The van der Waals surface area contributed by atoms with Crippen molar-refractivity contribution >= 4 is 28.3 Å². The van der Waals surface area contributed by atoms with E-state index in [1.54, 1.807) is 17.0 Å². The van der Waals surface area contributed by atoms with E-state index in [1.807, 2.05) is 25.1 Å². The normalized spacial score (nSPS) is 15.0. The first-order chi connectivity index (χ1) is 12.3. The van der Waals surface area contributed by atoms with Crippen molar-refractivity contribution < 1.29 is 4.42 Å². The van der Waals surface area contributed by atoms with E-state index in [0.29, 0.717) is 11.7 Å². The molecule has 0 aromatic carbocycles. The van der Waals surface area contributed by atoms with E-state index in [-0.39, 0.29) is 0 Å². The topological polar surface area (TPSA) is 97.3 Å². The van der Waals surface area contributed by atoms with Crippen LogP contribution in [0.1, 0.15) is 5.82 Å². The Morgan fingerprint density at radius 1 is 1.20 bits per heavy atom. The second kappa shape index (κ2) is 5.40. The number of aryl methyl sites for hydroxylation is 1. The molecule has 0 radical (unpaired) electrons. The summed E-state index contributed by atoms with van der Waals surface area (Å²) in [7, 11) is 0. The number of fused-ring (bicyclic) bond motifs is 2. The quantitative estimate of drug-likeness (QED) is 0.599. The lowest BCUT2D eigenvalue weighted by molar-refractivity contribution is 0.424. The predicted octanol–water partition coefficient (Wildman–Crippen LogP) is 1.52. The number of rotatable bonds is 4. The molecular weight excluding hydrogens is 320 g/mol. The molecule has 0 aliphatic carbocycles. The summed E-state index contributed by atoms with van der Waals surface area (Å²) in [6.45, 7) is 4.59. The van der Waals surface area contributed by atoms with E-state index in [0.717, 1.165) is 47.9 Å². The van der Waals surface area contributed by atoms with Gasteiger partial charge in [0.1, 0.15) is 5.82 Å². The van der Waals surface area contributed by atoms with Gasteiger partial charge in [-0.2, -0.15) is 9.61 Å². The lowest BCUT2D eigenvalue weighted by atomic mass is 10.0. The molecule has 4 aromatic heterocycles. The largest absolute Gasteiger partial charge is 0.460 e. The third-order valence-corrected chi connectivity index (χ3v) is 4.51. The molecule has 0 unspecified atom stereocenters. The average molecular weight is 336 g/mol. The summed E-state index contributed by atoms with van der Waals surface area (Å²) >= 11 is 0. The van der Waals surface area contributed by atoms with Gasteiger partial charge in [-0.05, 0) is 25.1 Å². The van der Waals surface area contributed by atoms with Gasteiger partial charge in [0, 0.05) is 30.9 Å². The first kappa shape index (κ1) is 14.1. The molecule has 126 valence electrons. The molecule has 0 spiro atoms. The number of anilines is 2. The Morgan fingerprint density at radius 3 is 3.04 bits per heavy atom. The van der Waals surface area contributed by atoms with Crippen molar-refractivity contribution in [2.24, 2.45) is 5.92 Å². The average Bonchev–Trinajstić information content (AvgIpc) is 3.21. The van der Waals surface area contributed by atoms with Crippen LogP contribution in [-0.4, -0.2) is 49.6 Å². The summed E-state index contributed by atoms with van der Waals surface area (Å²) < 4.78 is 7.24. The smallest absolute Gasteiger partial charge is 0.192 e. The van der Waals surface area contributed by atoms with Gasteiger partial charge in [0.2, 0.25) is 0 Å². The SMILES string of the molecule is Cc1nnc2ccc(N3CC(CNc4nncc5ccoc45)C3)nn12. The van der Waals surface area contributed by atoms with Crippen molar-refractivity contribution in [1.82, 2.24) is 30.0 Å². The van der Waals surface area contributed by atoms with Crippen molar-refractivity contribution in [3.8, 4) is 0 Å². The van der Waals surface area contributed by atoms with E-state index in [4.69, 9.17) is 4.42 Å². The van der Waals surface area contributed by atoms with Gasteiger partial charge in [0.15, 0.2) is 22.9 Å². The number of hydrogen-bond donors (Lipinski definition) is 1. The van der Waals surface area contributed by atoms with Crippen LogP contribution < -0.4 is 10.2 Å². The van der Waals surface area contributed by atoms with Crippen LogP contribution in [-0.2, 0) is 0 Å². The van der Waals surface area contributed by atoms with Crippen LogP contribution in [0.5, 0.6) is 0 Å². The van der Waals surface area contributed by atoms with Crippen molar-refractivity contribution in [1.29, 1.82) is 0 Å². The van der Waals surface area contributed by atoms with Crippen molar-refractivity contribution in [2.75, 3.05) is 29.9 Å². The minimum absolute atomic E-state index is 0.520. The van der Waals surface area contributed by atoms with Gasteiger partial charge >= 0.3 is 0 Å². The lowest BCUT2D eigenvalue weighted by Gasteiger charge is -2.40. The fourth-order valence-corrected chi connectivity index (χ4v) is 3.11. The summed E-state index contributed by atoms with van der Waals surface area (Å²) in [4.78, 5) is 2.24. The van der Waals surface area contributed by atoms with Crippen LogP contribution in [0, 0.1) is 12.8 Å². The van der Waals surface area contributed by atoms with E-state index in [9.17, 15) is 0 Å².